The first-order chi connectivity index (χ1) is 11.4. The van der Waals surface area contributed by atoms with E-state index < -0.39 is 12.1 Å². The van der Waals surface area contributed by atoms with Crippen molar-refractivity contribution in [3.05, 3.63) is 59.2 Å². The molecule has 0 heterocycles. The summed E-state index contributed by atoms with van der Waals surface area (Å²) in [6, 6.07) is 13.0. The molecule has 0 fully saturated rings. The van der Waals surface area contributed by atoms with Crippen molar-refractivity contribution in [1.29, 1.82) is 0 Å². The highest BCUT2D eigenvalue weighted by Crippen LogP contribution is 2.29. The summed E-state index contributed by atoms with van der Waals surface area (Å²) < 4.78 is 0. The summed E-state index contributed by atoms with van der Waals surface area (Å²) in [4.78, 5) is 13.4. The Labute approximate surface area is 141 Å². The predicted molar refractivity (Wildman–Crippen MR) is 93.1 cm³/mol. The van der Waals surface area contributed by atoms with Gasteiger partial charge >= 0.3 is 5.97 Å². The monoisotopic (exact) mass is 329 g/mol. The van der Waals surface area contributed by atoms with E-state index in [4.69, 9.17) is 5.11 Å². The number of rotatable bonds is 7. The first-order valence-electron chi connectivity index (χ1n) is 7.84. The minimum absolute atomic E-state index is 0.00658. The van der Waals surface area contributed by atoms with Gasteiger partial charge < -0.3 is 20.2 Å². The van der Waals surface area contributed by atoms with E-state index in [-0.39, 0.29) is 12.2 Å². The highest BCUT2D eigenvalue weighted by atomic mass is 16.4. The van der Waals surface area contributed by atoms with E-state index in [1.54, 1.807) is 24.9 Å². The van der Waals surface area contributed by atoms with Crippen molar-refractivity contribution in [3.8, 4) is 11.1 Å². The molecule has 1 atom stereocenters. The van der Waals surface area contributed by atoms with Crippen molar-refractivity contribution in [2.45, 2.75) is 13.0 Å². The van der Waals surface area contributed by atoms with Crippen LogP contribution in [0.3, 0.4) is 0 Å². The molecule has 0 aliphatic rings. The zero-order valence-electron chi connectivity index (χ0n) is 13.9. The molecule has 3 N–H and O–H groups in total. The molecule has 1 unspecified atom stereocenters. The van der Waals surface area contributed by atoms with Gasteiger partial charge in [0.1, 0.15) is 0 Å². The summed E-state index contributed by atoms with van der Waals surface area (Å²) in [7, 11) is 1.80. The smallest absolute Gasteiger partial charge is 0.335 e. The molecule has 128 valence electrons. The van der Waals surface area contributed by atoms with Gasteiger partial charge in [-0.15, -0.1) is 0 Å². The SMILES string of the molecule is Cc1c(C(=O)O)cc(-c2ccccc2)cc1C(O)CN(C)CCO. The Hall–Kier alpha value is -2.21. The minimum Gasteiger partial charge on any atom is -0.478 e. The average molecular weight is 329 g/mol. The van der Waals surface area contributed by atoms with Crippen molar-refractivity contribution in [2.75, 3.05) is 26.7 Å². The molecule has 5 heteroatoms. The van der Waals surface area contributed by atoms with Crippen LogP contribution in [0, 0.1) is 6.92 Å². The zero-order valence-corrected chi connectivity index (χ0v) is 13.9. The molecule has 2 aromatic carbocycles. The molecular weight excluding hydrogens is 306 g/mol. The zero-order chi connectivity index (χ0) is 17.7. The molecule has 0 aromatic heterocycles. The number of nitrogens with zero attached hydrogens (tertiary/aromatic N) is 1. The molecule has 0 aliphatic heterocycles. The molecule has 2 rings (SSSR count). The number of aliphatic hydroxyl groups is 2. The largest absolute Gasteiger partial charge is 0.478 e. The number of hydrogen-bond acceptors (Lipinski definition) is 4. The predicted octanol–water partition coefficient (Wildman–Crippen LogP) is 2.32. The van der Waals surface area contributed by atoms with Crippen molar-refractivity contribution >= 4 is 5.97 Å². The number of likely N-dealkylation sites (N-methyl/N-ethyl adjacent to an activating group) is 1. The lowest BCUT2D eigenvalue weighted by molar-refractivity contribution is 0.0695. The molecule has 0 bridgehead atoms. The first-order valence-corrected chi connectivity index (χ1v) is 7.84. The van der Waals surface area contributed by atoms with E-state index >= 15 is 0 Å². The van der Waals surface area contributed by atoms with E-state index in [1.165, 1.54) is 0 Å². The number of aliphatic hydroxyl groups excluding tert-OH is 2. The van der Waals surface area contributed by atoms with Crippen LogP contribution in [0.2, 0.25) is 0 Å². The van der Waals surface area contributed by atoms with Gasteiger partial charge in [0, 0.05) is 13.1 Å². The highest BCUT2D eigenvalue weighted by molar-refractivity contribution is 5.91. The van der Waals surface area contributed by atoms with Gasteiger partial charge in [0.25, 0.3) is 0 Å². The molecule has 0 aliphatic carbocycles. The summed E-state index contributed by atoms with van der Waals surface area (Å²) in [5.41, 5.74) is 3.01. The fourth-order valence-electron chi connectivity index (χ4n) is 2.76. The highest BCUT2D eigenvalue weighted by Gasteiger charge is 2.19. The quantitative estimate of drug-likeness (QED) is 0.726. The Morgan fingerprint density at radius 2 is 1.83 bits per heavy atom. The Bertz CT molecular complexity index is 700. The summed E-state index contributed by atoms with van der Waals surface area (Å²) in [5.74, 6) is -1.01. The number of carboxylic acids is 1. The lowest BCUT2D eigenvalue weighted by Gasteiger charge is -2.22. The minimum atomic E-state index is -1.01. The Morgan fingerprint density at radius 1 is 1.17 bits per heavy atom. The standard InChI is InChI=1S/C19H23NO4/c1-13-16(18(22)12-20(2)8-9-21)10-15(11-17(13)19(23)24)14-6-4-3-5-7-14/h3-7,10-11,18,21-22H,8-9,12H2,1-2H3,(H,23,24). The van der Waals surface area contributed by atoms with E-state index in [0.29, 0.717) is 24.2 Å². The summed E-state index contributed by atoms with van der Waals surface area (Å²) >= 11 is 0. The number of carbonyl (C=O) groups is 1. The van der Waals surface area contributed by atoms with Gasteiger partial charge in [-0.1, -0.05) is 30.3 Å². The first kappa shape index (κ1) is 18.1. The Kier molecular flexibility index (Phi) is 6.09. The van der Waals surface area contributed by atoms with Crippen LogP contribution in [0.4, 0.5) is 0 Å². The summed E-state index contributed by atoms with van der Waals surface area (Å²) in [6.07, 6.45) is -0.830. The molecule has 2 aromatic rings. The maximum Gasteiger partial charge on any atom is 0.335 e. The lowest BCUT2D eigenvalue weighted by Crippen LogP contribution is -2.28. The second kappa shape index (κ2) is 8.06. The van der Waals surface area contributed by atoms with Crippen molar-refractivity contribution in [3.63, 3.8) is 0 Å². The number of carboxylic acid groups (broad SMARTS) is 1. The van der Waals surface area contributed by atoms with Crippen molar-refractivity contribution in [1.82, 2.24) is 4.90 Å². The fraction of sp³-hybridized carbons (Fsp3) is 0.316. The third kappa shape index (κ3) is 4.20. The molecular formula is C19H23NO4. The van der Waals surface area contributed by atoms with E-state index in [1.807, 2.05) is 36.4 Å². The third-order valence-electron chi connectivity index (χ3n) is 4.11. The molecule has 0 radical (unpaired) electrons. The van der Waals surface area contributed by atoms with E-state index in [2.05, 4.69) is 0 Å². The second-order valence-corrected chi connectivity index (χ2v) is 5.91. The maximum absolute atomic E-state index is 11.6. The number of benzene rings is 2. The van der Waals surface area contributed by atoms with Crippen LogP contribution in [0.25, 0.3) is 11.1 Å². The van der Waals surface area contributed by atoms with Crippen LogP contribution in [0.1, 0.15) is 27.6 Å². The van der Waals surface area contributed by atoms with Crippen molar-refractivity contribution in [2.24, 2.45) is 0 Å². The van der Waals surface area contributed by atoms with Crippen LogP contribution in [0.5, 0.6) is 0 Å². The van der Waals surface area contributed by atoms with E-state index in [9.17, 15) is 15.0 Å². The number of hydrogen-bond donors (Lipinski definition) is 3. The second-order valence-electron chi connectivity index (χ2n) is 5.91. The molecule has 0 spiro atoms. The van der Waals surface area contributed by atoms with Gasteiger partial charge in [-0.25, -0.2) is 4.79 Å². The van der Waals surface area contributed by atoms with Gasteiger partial charge in [0.15, 0.2) is 0 Å². The molecule has 0 amide bonds. The molecule has 24 heavy (non-hydrogen) atoms. The Balaban J connectivity index is 2.46. The van der Waals surface area contributed by atoms with Gasteiger partial charge in [0.2, 0.25) is 0 Å². The normalized spacial score (nSPS) is 12.4. The van der Waals surface area contributed by atoms with Crippen LogP contribution in [-0.2, 0) is 0 Å². The Morgan fingerprint density at radius 3 is 2.42 bits per heavy atom. The molecule has 0 saturated heterocycles. The van der Waals surface area contributed by atoms with Crippen LogP contribution in [-0.4, -0.2) is 52.9 Å². The van der Waals surface area contributed by atoms with Gasteiger partial charge in [-0.05, 0) is 48.4 Å². The van der Waals surface area contributed by atoms with Gasteiger partial charge in [-0.3, -0.25) is 0 Å². The maximum atomic E-state index is 11.6. The molecule has 5 nitrogen and oxygen atoms in total. The van der Waals surface area contributed by atoms with Crippen LogP contribution in [0.15, 0.2) is 42.5 Å². The van der Waals surface area contributed by atoms with Crippen LogP contribution >= 0.6 is 0 Å². The average Bonchev–Trinajstić information content (AvgIpc) is 2.55. The molecule has 0 saturated carbocycles. The van der Waals surface area contributed by atoms with Crippen LogP contribution < -0.4 is 0 Å². The van der Waals surface area contributed by atoms with Gasteiger partial charge in [0.05, 0.1) is 18.3 Å². The lowest BCUT2D eigenvalue weighted by atomic mass is 9.92. The topological polar surface area (TPSA) is 81.0 Å². The number of aromatic carboxylic acids is 1. The summed E-state index contributed by atoms with van der Waals surface area (Å²) in [6.45, 7) is 2.48. The van der Waals surface area contributed by atoms with Crippen molar-refractivity contribution < 1.29 is 20.1 Å². The van der Waals surface area contributed by atoms with Gasteiger partial charge in [-0.2, -0.15) is 0 Å². The fourth-order valence-corrected chi connectivity index (χ4v) is 2.76. The van der Waals surface area contributed by atoms with E-state index in [0.717, 1.165) is 11.1 Å². The third-order valence-corrected chi connectivity index (χ3v) is 4.11. The summed E-state index contributed by atoms with van der Waals surface area (Å²) in [5, 5.41) is 29.0.